The van der Waals surface area contributed by atoms with Crippen LogP contribution in [0.25, 0.3) is 16.8 Å². The number of anilines is 2. The standard InChI is InChI=1S/C30H26ClN3O2/c31-27-21-26(32-30(36)25-12-11-23-8-4-5-9-24(23)20-25)13-14-28(27)33-16-18-34(19-17-33)29(35)15-10-22-6-2-1-3-7-22/h1-15,20-21H,16-19H2,(H,32,36)/b15-10+. The van der Waals surface area contributed by atoms with Crippen molar-refractivity contribution in [1.82, 2.24) is 4.90 Å². The van der Waals surface area contributed by atoms with E-state index in [2.05, 4.69) is 10.2 Å². The number of nitrogens with one attached hydrogen (secondary N) is 1. The van der Waals surface area contributed by atoms with Gasteiger partial charge in [0.05, 0.1) is 10.7 Å². The number of nitrogens with zero attached hydrogens (tertiary/aromatic N) is 2. The SMILES string of the molecule is O=C(Nc1ccc(N2CCN(C(=O)/C=C/c3ccccc3)CC2)c(Cl)c1)c1ccc2ccccc2c1. The molecule has 36 heavy (non-hydrogen) atoms. The second-order valence-electron chi connectivity index (χ2n) is 8.74. The van der Waals surface area contributed by atoms with Gasteiger partial charge < -0.3 is 15.1 Å². The van der Waals surface area contributed by atoms with E-state index in [1.807, 2.05) is 95.9 Å². The third-order valence-corrected chi connectivity index (χ3v) is 6.67. The molecule has 1 aliphatic rings. The Labute approximate surface area is 215 Å². The van der Waals surface area contributed by atoms with Gasteiger partial charge >= 0.3 is 0 Å². The first-order valence-electron chi connectivity index (χ1n) is 11.9. The van der Waals surface area contributed by atoms with Gasteiger partial charge in [0.2, 0.25) is 5.91 Å². The van der Waals surface area contributed by atoms with Crippen LogP contribution in [0.3, 0.4) is 0 Å². The molecule has 5 nitrogen and oxygen atoms in total. The first kappa shape index (κ1) is 23.6. The van der Waals surface area contributed by atoms with Gasteiger partial charge in [-0.3, -0.25) is 9.59 Å². The number of carbonyl (C=O) groups is 2. The molecule has 0 aliphatic carbocycles. The molecule has 5 rings (SSSR count). The molecule has 1 saturated heterocycles. The Hall–Kier alpha value is -4.09. The Bertz CT molecular complexity index is 1430. The van der Waals surface area contributed by atoms with Crippen LogP contribution in [0.2, 0.25) is 5.02 Å². The zero-order valence-corrected chi connectivity index (χ0v) is 20.5. The van der Waals surface area contributed by atoms with E-state index in [0.717, 1.165) is 22.0 Å². The van der Waals surface area contributed by atoms with E-state index in [4.69, 9.17) is 11.6 Å². The first-order chi connectivity index (χ1) is 17.6. The molecule has 1 aliphatic heterocycles. The first-order valence-corrected chi connectivity index (χ1v) is 12.3. The van der Waals surface area contributed by atoms with E-state index in [0.29, 0.717) is 42.5 Å². The number of rotatable bonds is 5. The number of hydrogen-bond acceptors (Lipinski definition) is 3. The summed E-state index contributed by atoms with van der Waals surface area (Å²) in [6, 6.07) is 29.0. The topological polar surface area (TPSA) is 52.7 Å². The van der Waals surface area contributed by atoms with Crippen molar-refractivity contribution >= 4 is 51.6 Å². The zero-order chi connectivity index (χ0) is 24.9. The highest BCUT2D eigenvalue weighted by atomic mass is 35.5. The fourth-order valence-electron chi connectivity index (χ4n) is 4.38. The summed E-state index contributed by atoms with van der Waals surface area (Å²) >= 11 is 6.60. The van der Waals surface area contributed by atoms with E-state index in [9.17, 15) is 9.59 Å². The average molecular weight is 496 g/mol. The Morgan fingerprint density at radius 1 is 0.778 bits per heavy atom. The number of benzene rings is 4. The van der Waals surface area contributed by atoms with Gasteiger partial charge in [0, 0.05) is 43.5 Å². The van der Waals surface area contributed by atoms with Gasteiger partial charge in [-0.2, -0.15) is 0 Å². The Morgan fingerprint density at radius 3 is 2.25 bits per heavy atom. The molecule has 180 valence electrons. The van der Waals surface area contributed by atoms with Crippen LogP contribution in [0.1, 0.15) is 15.9 Å². The number of amides is 2. The minimum absolute atomic E-state index is 0.0105. The molecular formula is C30H26ClN3O2. The van der Waals surface area contributed by atoms with Crippen molar-refractivity contribution in [3.63, 3.8) is 0 Å². The highest BCUT2D eigenvalue weighted by Crippen LogP contribution is 2.30. The molecule has 2 amide bonds. The largest absolute Gasteiger partial charge is 0.367 e. The lowest BCUT2D eigenvalue weighted by Gasteiger charge is -2.36. The van der Waals surface area contributed by atoms with Crippen LogP contribution in [0, 0.1) is 0 Å². The average Bonchev–Trinajstić information content (AvgIpc) is 2.92. The van der Waals surface area contributed by atoms with Crippen LogP contribution in [0.5, 0.6) is 0 Å². The maximum atomic E-state index is 12.8. The van der Waals surface area contributed by atoms with Crippen LogP contribution in [-0.4, -0.2) is 42.9 Å². The van der Waals surface area contributed by atoms with Gasteiger partial charge in [-0.15, -0.1) is 0 Å². The van der Waals surface area contributed by atoms with Crippen LogP contribution >= 0.6 is 11.6 Å². The number of hydrogen-bond donors (Lipinski definition) is 1. The van der Waals surface area contributed by atoms with Crippen molar-refractivity contribution in [1.29, 1.82) is 0 Å². The maximum absolute atomic E-state index is 12.8. The summed E-state index contributed by atoms with van der Waals surface area (Å²) in [6.45, 7) is 2.62. The summed E-state index contributed by atoms with van der Waals surface area (Å²) in [5, 5.41) is 5.62. The van der Waals surface area contributed by atoms with Gasteiger partial charge in [0.1, 0.15) is 0 Å². The van der Waals surface area contributed by atoms with Crippen LogP contribution in [0.15, 0.2) is 97.1 Å². The van der Waals surface area contributed by atoms with Crippen molar-refractivity contribution in [2.75, 3.05) is 36.4 Å². The predicted octanol–water partition coefficient (Wildman–Crippen LogP) is 6.11. The van der Waals surface area contributed by atoms with Gasteiger partial charge in [-0.05, 0) is 52.7 Å². The predicted molar refractivity (Wildman–Crippen MR) is 148 cm³/mol. The van der Waals surface area contributed by atoms with E-state index in [1.54, 1.807) is 12.1 Å². The molecule has 0 radical (unpaired) electrons. The second kappa shape index (κ2) is 10.7. The third kappa shape index (κ3) is 5.42. The van der Waals surface area contributed by atoms with E-state index in [1.165, 1.54) is 0 Å². The normalized spacial score (nSPS) is 13.8. The lowest BCUT2D eigenvalue weighted by molar-refractivity contribution is -0.126. The molecule has 0 aromatic heterocycles. The van der Waals surface area contributed by atoms with Crippen molar-refractivity contribution < 1.29 is 9.59 Å². The van der Waals surface area contributed by atoms with Gasteiger partial charge in [0.25, 0.3) is 5.91 Å². The molecule has 4 aromatic rings. The maximum Gasteiger partial charge on any atom is 0.255 e. The highest BCUT2D eigenvalue weighted by molar-refractivity contribution is 6.33. The number of carbonyl (C=O) groups excluding carboxylic acids is 2. The molecule has 0 unspecified atom stereocenters. The molecular weight excluding hydrogens is 470 g/mol. The van der Waals surface area contributed by atoms with E-state index in [-0.39, 0.29) is 11.8 Å². The van der Waals surface area contributed by atoms with Crippen molar-refractivity contribution in [2.24, 2.45) is 0 Å². The summed E-state index contributed by atoms with van der Waals surface area (Å²) in [5.41, 5.74) is 3.13. The lowest BCUT2D eigenvalue weighted by Crippen LogP contribution is -2.48. The molecule has 4 aromatic carbocycles. The minimum Gasteiger partial charge on any atom is -0.367 e. The summed E-state index contributed by atoms with van der Waals surface area (Å²) in [5.74, 6) is -0.170. The summed E-state index contributed by atoms with van der Waals surface area (Å²) in [7, 11) is 0. The van der Waals surface area contributed by atoms with Crippen molar-refractivity contribution in [3.8, 4) is 0 Å². The Kier molecular flexibility index (Phi) is 7.01. The molecule has 1 heterocycles. The molecule has 0 spiro atoms. The Balaban J connectivity index is 1.19. The second-order valence-corrected chi connectivity index (χ2v) is 9.15. The van der Waals surface area contributed by atoms with Gasteiger partial charge in [0.15, 0.2) is 0 Å². The molecule has 1 fully saturated rings. The van der Waals surface area contributed by atoms with Gasteiger partial charge in [-0.25, -0.2) is 0 Å². The molecule has 0 saturated carbocycles. The molecule has 0 bridgehead atoms. The van der Waals surface area contributed by atoms with Crippen LogP contribution < -0.4 is 10.2 Å². The third-order valence-electron chi connectivity index (χ3n) is 6.37. The summed E-state index contributed by atoms with van der Waals surface area (Å²) < 4.78 is 0. The lowest BCUT2D eigenvalue weighted by atomic mass is 10.1. The fourth-order valence-corrected chi connectivity index (χ4v) is 4.68. The monoisotopic (exact) mass is 495 g/mol. The molecule has 6 heteroatoms. The van der Waals surface area contributed by atoms with Crippen molar-refractivity contribution in [2.45, 2.75) is 0 Å². The summed E-state index contributed by atoms with van der Waals surface area (Å²) in [6.07, 6.45) is 3.47. The summed E-state index contributed by atoms with van der Waals surface area (Å²) in [4.78, 5) is 29.4. The smallest absolute Gasteiger partial charge is 0.255 e. The number of fused-ring (bicyclic) bond motifs is 1. The highest BCUT2D eigenvalue weighted by Gasteiger charge is 2.21. The number of piperazine rings is 1. The molecule has 1 N–H and O–H groups in total. The quantitative estimate of drug-likeness (QED) is 0.340. The zero-order valence-electron chi connectivity index (χ0n) is 19.7. The van der Waals surface area contributed by atoms with Crippen LogP contribution in [-0.2, 0) is 4.79 Å². The minimum atomic E-state index is -0.180. The molecule has 0 atom stereocenters. The van der Waals surface area contributed by atoms with Gasteiger partial charge in [-0.1, -0.05) is 72.3 Å². The fraction of sp³-hybridized carbons (Fsp3) is 0.133. The van der Waals surface area contributed by atoms with E-state index < -0.39 is 0 Å². The van der Waals surface area contributed by atoms with Crippen molar-refractivity contribution in [3.05, 3.63) is 113 Å². The Morgan fingerprint density at radius 2 is 1.50 bits per heavy atom. The van der Waals surface area contributed by atoms with E-state index >= 15 is 0 Å². The number of halogens is 1. The van der Waals surface area contributed by atoms with Crippen LogP contribution in [0.4, 0.5) is 11.4 Å².